The second kappa shape index (κ2) is 6.70. The third-order valence-electron chi connectivity index (χ3n) is 6.67. The van der Waals surface area contributed by atoms with Gasteiger partial charge in [-0.1, -0.05) is 39.8 Å². The van der Waals surface area contributed by atoms with Crippen LogP contribution in [0.4, 0.5) is 0 Å². The van der Waals surface area contributed by atoms with Gasteiger partial charge < -0.3 is 29.7 Å². The summed E-state index contributed by atoms with van der Waals surface area (Å²) in [6, 6.07) is 2.31. The number of nitrogens with zero attached hydrogens (tertiary/aromatic N) is 1. The molecule has 2 amide bonds. The monoisotopic (exact) mass is 480 g/mol. The fraction of sp³-hybridized carbons (Fsp3) is 0.500. The van der Waals surface area contributed by atoms with Gasteiger partial charge in [0.15, 0.2) is 11.5 Å². The standard InChI is InChI=1S/C20H20N2O8S2/c1-27-10-5-3-8(13(24)14(10)28-2)15-12-17(25)22-20(32-31-15,18(26)21-12)7-19-11(29-19)6-4-9(23)16(19)30-22/h3-6,9,11-12,15-16,23-24H,7H2,1-2H3,(H,21,26)/t9-,11?,12-,15+,16?,19?,20-/m1/s1. The Morgan fingerprint density at radius 3 is 2.81 bits per heavy atom. The number of nitrogens with one attached hydrogen (secondary N) is 1. The van der Waals surface area contributed by atoms with Gasteiger partial charge in [0, 0.05) is 12.0 Å². The van der Waals surface area contributed by atoms with Crippen molar-refractivity contribution in [3.05, 3.63) is 29.8 Å². The molecule has 7 atom stereocenters. The van der Waals surface area contributed by atoms with E-state index in [0.717, 1.165) is 5.06 Å². The fourth-order valence-corrected chi connectivity index (χ4v) is 8.51. The van der Waals surface area contributed by atoms with E-state index in [2.05, 4.69) is 5.32 Å². The van der Waals surface area contributed by atoms with Gasteiger partial charge >= 0.3 is 0 Å². The SMILES string of the molecule is COc1ccc([C@@H]2SS[C@@]34CC56OC5C=C[C@@H](O)C6ON3C(=O)[C@@H]2NC4=O)c(O)c1OC. The molecule has 170 valence electrons. The lowest BCUT2D eigenvalue weighted by molar-refractivity contribution is -0.281. The van der Waals surface area contributed by atoms with Crippen molar-refractivity contribution in [2.75, 3.05) is 14.2 Å². The number of hydroxylamine groups is 2. The topological polar surface area (TPSA) is 130 Å². The number of carbonyl (C=O) groups excluding carboxylic acids is 2. The van der Waals surface area contributed by atoms with Crippen molar-refractivity contribution >= 4 is 33.4 Å². The van der Waals surface area contributed by atoms with E-state index >= 15 is 0 Å². The number of aliphatic hydroxyl groups excluding tert-OH is 1. The molecule has 7 rings (SSSR count). The van der Waals surface area contributed by atoms with E-state index in [4.69, 9.17) is 19.0 Å². The summed E-state index contributed by atoms with van der Waals surface area (Å²) in [7, 11) is 5.38. The molecule has 10 nitrogen and oxygen atoms in total. The number of ether oxygens (including phenoxy) is 3. The van der Waals surface area contributed by atoms with Crippen LogP contribution in [0.3, 0.4) is 0 Å². The summed E-state index contributed by atoms with van der Waals surface area (Å²) >= 11 is 0. The molecule has 1 aliphatic carbocycles. The zero-order valence-electron chi connectivity index (χ0n) is 17.0. The highest BCUT2D eigenvalue weighted by Crippen LogP contribution is 2.64. The van der Waals surface area contributed by atoms with Crippen LogP contribution in [0, 0.1) is 0 Å². The fourth-order valence-electron chi connectivity index (χ4n) is 5.00. The number of rotatable bonds is 3. The molecule has 0 saturated carbocycles. The Balaban J connectivity index is 1.41. The van der Waals surface area contributed by atoms with Gasteiger partial charge in [-0.3, -0.25) is 14.4 Å². The van der Waals surface area contributed by atoms with E-state index < -0.39 is 39.9 Å². The summed E-state index contributed by atoms with van der Waals surface area (Å²) < 4.78 is 16.4. The Morgan fingerprint density at radius 1 is 1.25 bits per heavy atom. The number of hydrogen-bond acceptors (Lipinski definition) is 10. The minimum atomic E-state index is -1.35. The first-order valence-electron chi connectivity index (χ1n) is 10.0. The Bertz CT molecular complexity index is 1070. The van der Waals surface area contributed by atoms with Crippen molar-refractivity contribution in [1.82, 2.24) is 10.4 Å². The molecule has 3 unspecified atom stereocenters. The van der Waals surface area contributed by atoms with E-state index in [0.29, 0.717) is 11.3 Å². The van der Waals surface area contributed by atoms with Crippen molar-refractivity contribution in [2.24, 2.45) is 0 Å². The molecule has 2 bridgehead atoms. The molecule has 5 fully saturated rings. The van der Waals surface area contributed by atoms with Crippen molar-refractivity contribution < 1.29 is 38.9 Å². The summed E-state index contributed by atoms with van der Waals surface area (Å²) in [5, 5.41) is 24.6. The van der Waals surface area contributed by atoms with Crippen LogP contribution in [0.15, 0.2) is 24.3 Å². The number of carbonyl (C=O) groups is 2. The van der Waals surface area contributed by atoms with Crippen LogP contribution in [-0.2, 0) is 19.2 Å². The first-order chi connectivity index (χ1) is 15.4. The second-order valence-electron chi connectivity index (χ2n) is 8.28. The molecule has 3 N–H and O–H groups in total. The van der Waals surface area contributed by atoms with Gasteiger partial charge in [-0.2, -0.15) is 5.06 Å². The highest BCUT2D eigenvalue weighted by atomic mass is 33.1. The molecule has 1 aromatic rings. The number of aliphatic hydroxyl groups is 1. The summed E-state index contributed by atoms with van der Waals surface area (Å²) in [6.07, 6.45) is 1.54. The third kappa shape index (κ3) is 2.44. The van der Waals surface area contributed by atoms with Gasteiger partial charge in [0.2, 0.25) is 10.6 Å². The van der Waals surface area contributed by atoms with E-state index in [9.17, 15) is 19.8 Å². The minimum Gasteiger partial charge on any atom is -0.504 e. The van der Waals surface area contributed by atoms with Crippen molar-refractivity contribution in [1.29, 1.82) is 0 Å². The van der Waals surface area contributed by atoms with Crippen LogP contribution >= 0.6 is 21.6 Å². The van der Waals surface area contributed by atoms with Gasteiger partial charge in [0.05, 0.1) is 19.5 Å². The molecule has 0 radical (unpaired) electrons. The molecule has 5 heterocycles. The highest BCUT2D eigenvalue weighted by Gasteiger charge is 2.76. The zero-order valence-corrected chi connectivity index (χ0v) is 18.6. The Kier molecular flexibility index (Phi) is 4.29. The summed E-state index contributed by atoms with van der Waals surface area (Å²) in [6.45, 7) is 0. The summed E-state index contributed by atoms with van der Waals surface area (Å²) in [5.74, 6) is -0.483. The maximum atomic E-state index is 13.5. The largest absolute Gasteiger partial charge is 0.504 e. The number of methoxy groups -OCH3 is 2. The van der Waals surface area contributed by atoms with Crippen molar-refractivity contribution in [2.45, 2.75) is 46.5 Å². The zero-order chi connectivity index (χ0) is 22.4. The van der Waals surface area contributed by atoms with Crippen LogP contribution < -0.4 is 14.8 Å². The molecule has 5 saturated heterocycles. The Morgan fingerprint density at radius 2 is 2.06 bits per heavy atom. The molecular weight excluding hydrogens is 460 g/mol. The van der Waals surface area contributed by atoms with Gasteiger partial charge in [-0.15, -0.1) is 0 Å². The van der Waals surface area contributed by atoms with Crippen molar-refractivity contribution in [3.8, 4) is 17.2 Å². The van der Waals surface area contributed by atoms with Crippen LogP contribution in [0.5, 0.6) is 17.2 Å². The number of phenolic OH excluding ortho intramolecular Hbond substituents is 1. The van der Waals surface area contributed by atoms with Crippen LogP contribution in [0.2, 0.25) is 0 Å². The molecule has 6 aliphatic rings. The maximum absolute atomic E-state index is 13.5. The number of amides is 2. The molecule has 1 aromatic carbocycles. The van der Waals surface area contributed by atoms with Crippen LogP contribution in [-0.4, -0.2) is 76.1 Å². The Labute approximate surface area is 190 Å². The van der Waals surface area contributed by atoms with E-state index in [1.807, 2.05) is 0 Å². The number of fused-ring (bicyclic) bond motifs is 3. The molecule has 0 aromatic heterocycles. The van der Waals surface area contributed by atoms with Gasteiger partial charge in [-0.05, 0) is 6.07 Å². The molecular formula is C20H20N2O8S2. The number of piperazine rings is 1. The predicted molar refractivity (Wildman–Crippen MR) is 113 cm³/mol. The lowest BCUT2D eigenvalue weighted by Crippen LogP contribution is -2.74. The average molecular weight is 481 g/mol. The predicted octanol–water partition coefficient (Wildman–Crippen LogP) is 0.641. The Hall–Kier alpha value is -2.12. The molecule has 32 heavy (non-hydrogen) atoms. The first kappa shape index (κ1) is 20.5. The molecule has 5 aliphatic heterocycles. The van der Waals surface area contributed by atoms with E-state index in [1.54, 1.807) is 24.3 Å². The number of benzene rings is 1. The third-order valence-corrected chi connectivity index (χ3v) is 10.0. The normalized spacial score (nSPS) is 41.2. The molecule has 2 spiro atoms. The van der Waals surface area contributed by atoms with Gasteiger partial charge in [0.25, 0.3) is 11.8 Å². The van der Waals surface area contributed by atoms with Gasteiger partial charge in [-0.25, -0.2) is 0 Å². The maximum Gasteiger partial charge on any atom is 0.272 e. The second-order valence-corrected chi connectivity index (χ2v) is 10.9. The summed E-state index contributed by atoms with van der Waals surface area (Å²) in [4.78, 5) is 31.5. The lowest BCUT2D eigenvalue weighted by Gasteiger charge is -2.51. The number of epoxide rings is 1. The molecule has 12 heteroatoms. The lowest BCUT2D eigenvalue weighted by atomic mass is 9.81. The van der Waals surface area contributed by atoms with E-state index in [-0.39, 0.29) is 29.9 Å². The smallest absolute Gasteiger partial charge is 0.272 e. The highest BCUT2D eigenvalue weighted by molar-refractivity contribution is 8.77. The van der Waals surface area contributed by atoms with Crippen molar-refractivity contribution in [3.63, 3.8) is 0 Å². The van der Waals surface area contributed by atoms with E-state index in [1.165, 1.54) is 35.8 Å². The van der Waals surface area contributed by atoms with Crippen LogP contribution in [0.25, 0.3) is 0 Å². The van der Waals surface area contributed by atoms with Gasteiger partial charge in [0.1, 0.15) is 30.0 Å². The number of phenols is 1. The average Bonchev–Trinajstić information content (AvgIpc) is 3.52. The minimum absolute atomic E-state index is 0.147. The quantitative estimate of drug-likeness (QED) is 0.322. The van der Waals surface area contributed by atoms with Crippen LogP contribution in [0.1, 0.15) is 17.2 Å². The number of aromatic hydroxyl groups is 1. The number of hydrogen-bond donors (Lipinski definition) is 3. The summed E-state index contributed by atoms with van der Waals surface area (Å²) in [5.41, 5.74) is -0.429. The first-order valence-corrected chi connectivity index (χ1v) is 12.2.